The second kappa shape index (κ2) is 10.2. The molecule has 0 spiro atoms. The number of amides is 1. The third-order valence-electron chi connectivity index (χ3n) is 5.27. The van der Waals surface area contributed by atoms with Crippen molar-refractivity contribution < 1.29 is 13.9 Å². The number of halogens is 3. The zero-order chi connectivity index (χ0) is 24.4. The van der Waals surface area contributed by atoms with E-state index in [0.29, 0.717) is 32.6 Å². The maximum atomic E-state index is 12.7. The number of carbonyl (C=O) groups excluding carboxylic acids is 1. The Balaban J connectivity index is 1.21. The Morgan fingerprint density at radius 1 is 1.00 bits per heavy atom. The second-order valence-electron chi connectivity index (χ2n) is 7.79. The minimum atomic E-state index is -0.414. The molecule has 1 N–H and O–H groups in total. The topological polar surface area (TPSA) is 69.3 Å². The van der Waals surface area contributed by atoms with E-state index in [1.165, 1.54) is 0 Å². The van der Waals surface area contributed by atoms with Gasteiger partial charge < -0.3 is 14.5 Å². The molecule has 0 aliphatic rings. The lowest BCUT2D eigenvalue weighted by Crippen LogP contribution is -2.12. The van der Waals surface area contributed by atoms with Gasteiger partial charge in [-0.05, 0) is 68.7 Å². The van der Waals surface area contributed by atoms with Gasteiger partial charge in [0.2, 0.25) is 0 Å². The van der Waals surface area contributed by atoms with Gasteiger partial charge in [-0.1, -0.05) is 59.6 Å². The quantitative estimate of drug-likeness (QED) is 0.219. The first-order valence-electron chi connectivity index (χ1n) is 10.6. The van der Waals surface area contributed by atoms with Crippen LogP contribution in [0.3, 0.4) is 0 Å². The van der Waals surface area contributed by atoms with Crippen molar-refractivity contribution in [2.24, 2.45) is 0 Å². The largest absolute Gasteiger partial charge is 0.486 e. The van der Waals surface area contributed by atoms with Crippen LogP contribution >= 0.6 is 39.1 Å². The number of aromatic nitrogens is 2. The molecule has 1 amide bonds. The molecular formula is C26H18BrCl2N3O3. The number of benzene rings is 3. The molecule has 5 aromatic rings. The van der Waals surface area contributed by atoms with Crippen molar-refractivity contribution >= 4 is 61.6 Å². The van der Waals surface area contributed by atoms with Crippen LogP contribution in [0.2, 0.25) is 10.0 Å². The van der Waals surface area contributed by atoms with Gasteiger partial charge in [0.25, 0.3) is 5.91 Å². The SMILES string of the molecule is O=C(Nc1nn(Cc2ccc(Cl)c(Cl)c2)cc1Br)c1ccc(COc2ccc3ccccc3c2)o1. The first-order valence-corrected chi connectivity index (χ1v) is 12.2. The third kappa shape index (κ3) is 5.53. The van der Waals surface area contributed by atoms with Gasteiger partial charge in [0, 0.05) is 6.20 Å². The maximum Gasteiger partial charge on any atom is 0.292 e. The highest BCUT2D eigenvalue weighted by Crippen LogP contribution is 2.26. The molecule has 9 heteroatoms. The summed E-state index contributed by atoms with van der Waals surface area (Å²) >= 11 is 15.5. The van der Waals surface area contributed by atoms with Crippen LogP contribution in [0.4, 0.5) is 5.82 Å². The standard InChI is InChI=1S/C26H18BrCl2N3O3/c27-21-14-32(13-16-5-9-22(28)23(29)11-16)31-25(21)30-26(33)24-10-8-20(35-24)15-34-19-7-6-17-3-1-2-4-18(17)12-19/h1-12,14H,13,15H2,(H,30,31,33). The highest BCUT2D eigenvalue weighted by Gasteiger charge is 2.16. The molecule has 0 atom stereocenters. The zero-order valence-corrected chi connectivity index (χ0v) is 21.3. The van der Waals surface area contributed by atoms with E-state index in [1.807, 2.05) is 48.5 Å². The Labute approximate surface area is 219 Å². The van der Waals surface area contributed by atoms with Gasteiger partial charge in [0.1, 0.15) is 18.1 Å². The lowest BCUT2D eigenvalue weighted by atomic mass is 10.1. The fourth-order valence-electron chi connectivity index (χ4n) is 3.55. The number of fused-ring (bicyclic) bond motifs is 1. The molecule has 0 aliphatic heterocycles. The number of nitrogens with one attached hydrogen (secondary N) is 1. The molecule has 0 aliphatic carbocycles. The summed E-state index contributed by atoms with van der Waals surface area (Å²) < 4.78 is 13.8. The Morgan fingerprint density at radius 2 is 1.83 bits per heavy atom. The third-order valence-corrected chi connectivity index (χ3v) is 6.58. The number of nitrogens with zero attached hydrogens (tertiary/aromatic N) is 2. The number of carbonyl (C=O) groups is 1. The normalized spacial score (nSPS) is 11.1. The lowest BCUT2D eigenvalue weighted by Gasteiger charge is -2.06. The highest BCUT2D eigenvalue weighted by atomic mass is 79.9. The number of anilines is 1. The number of furan rings is 1. The van der Waals surface area contributed by atoms with E-state index in [9.17, 15) is 4.79 Å². The molecule has 3 aromatic carbocycles. The van der Waals surface area contributed by atoms with Crippen molar-refractivity contribution in [3.8, 4) is 5.75 Å². The van der Waals surface area contributed by atoms with Crippen LogP contribution in [0, 0.1) is 0 Å². The Hall–Kier alpha value is -3.26. The summed E-state index contributed by atoms with van der Waals surface area (Å²) in [7, 11) is 0. The molecule has 0 unspecified atom stereocenters. The first-order chi connectivity index (χ1) is 16.9. The van der Waals surface area contributed by atoms with Crippen molar-refractivity contribution in [2.75, 3.05) is 5.32 Å². The first kappa shape index (κ1) is 23.5. The molecule has 5 rings (SSSR count). The van der Waals surface area contributed by atoms with Crippen molar-refractivity contribution in [3.63, 3.8) is 0 Å². The van der Waals surface area contributed by atoms with Crippen LogP contribution in [0.5, 0.6) is 5.75 Å². The van der Waals surface area contributed by atoms with Crippen LogP contribution in [-0.4, -0.2) is 15.7 Å². The molecule has 2 aromatic heterocycles. The predicted molar refractivity (Wildman–Crippen MR) is 140 cm³/mol. The minimum Gasteiger partial charge on any atom is -0.486 e. The van der Waals surface area contributed by atoms with Crippen molar-refractivity contribution in [1.82, 2.24) is 9.78 Å². The van der Waals surface area contributed by atoms with Crippen molar-refractivity contribution in [2.45, 2.75) is 13.2 Å². The van der Waals surface area contributed by atoms with E-state index in [-0.39, 0.29) is 12.4 Å². The van der Waals surface area contributed by atoms with E-state index in [1.54, 1.807) is 35.1 Å². The maximum absolute atomic E-state index is 12.7. The summed E-state index contributed by atoms with van der Waals surface area (Å²) in [5, 5.41) is 10.4. The molecule has 176 valence electrons. The number of rotatable bonds is 7. The van der Waals surface area contributed by atoms with Gasteiger partial charge in [-0.3, -0.25) is 9.48 Å². The predicted octanol–water partition coefficient (Wildman–Crippen LogP) is 7.58. The summed E-state index contributed by atoms with van der Waals surface area (Å²) in [6.45, 7) is 0.663. The van der Waals surface area contributed by atoms with Crippen molar-refractivity contribution in [1.29, 1.82) is 0 Å². The van der Waals surface area contributed by atoms with E-state index in [0.717, 1.165) is 22.1 Å². The smallest absolute Gasteiger partial charge is 0.292 e. The van der Waals surface area contributed by atoms with Gasteiger partial charge in [0.05, 0.1) is 21.1 Å². The van der Waals surface area contributed by atoms with Crippen LogP contribution in [0.25, 0.3) is 10.8 Å². The number of hydrogen-bond donors (Lipinski definition) is 1. The molecular weight excluding hydrogens is 553 g/mol. The highest BCUT2D eigenvalue weighted by molar-refractivity contribution is 9.10. The lowest BCUT2D eigenvalue weighted by molar-refractivity contribution is 0.0992. The molecule has 35 heavy (non-hydrogen) atoms. The van der Waals surface area contributed by atoms with Gasteiger partial charge in [-0.15, -0.1) is 0 Å². The van der Waals surface area contributed by atoms with Gasteiger partial charge in [0.15, 0.2) is 11.6 Å². The fourth-order valence-corrected chi connectivity index (χ4v) is 4.28. The Kier molecular flexibility index (Phi) is 6.81. The molecule has 0 saturated carbocycles. The van der Waals surface area contributed by atoms with Crippen LogP contribution < -0.4 is 10.1 Å². The number of hydrogen-bond acceptors (Lipinski definition) is 4. The molecule has 0 radical (unpaired) electrons. The summed E-state index contributed by atoms with van der Waals surface area (Å²) in [6.07, 6.45) is 1.77. The molecule has 6 nitrogen and oxygen atoms in total. The summed E-state index contributed by atoms with van der Waals surface area (Å²) in [6, 6.07) is 22.6. The van der Waals surface area contributed by atoms with Gasteiger partial charge in [-0.25, -0.2) is 0 Å². The summed E-state index contributed by atoms with van der Waals surface area (Å²) in [5.41, 5.74) is 0.925. The van der Waals surface area contributed by atoms with Gasteiger partial charge >= 0.3 is 0 Å². The molecule has 0 saturated heterocycles. The minimum absolute atomic E-state index is 0.160. The van der Waals surface area contributed by atoms with Gasteiger partial charge in [-0.2, -0.15) is 5.10 Å². The van der Waals surface area contributed by atoms with Crippen molar-refractivity contribution in [3.05, 3.63) is 111 Å². The fraction of sp³-hybridized carbons (Fsp3) is 0.0769. The Bertz CT molecular complexity index is 1530. The molecule has 0 fully saturated rings. The van der Waals surface area contributed by atoms with E-state index >= 15 is 0 Å². The average Bonchev–Trinajstić information content (AvgIpc) is 3.46. The van der Waals surface area contributed by atoms with Crippen LogP contribution in [0.15, 0.2) is 87.9 Å². The molecule has 0 bridgehead atoms. The number of ether oxygens (including phenoxy) is 1. The summed E-state index contributed by atoms with van der Waals surface area (Å²) in [4.78, 5) is 12.7. The van der Waals surface area contributed by atoms with Crippen LogP contribution in [0.1, 0.15) is 21.9 Å². The van der Waals surface area contributed by atoms with Crippen LogP contribution in [-0.2, 0) is 13.2 Å². The zero-order valence-electron chi connectivity index (χ0n) is 18.2. The Morgan fingerprint density at radius 3 is 2.66 bits per heavy atom. The van der Waals surface area contributed by atoms with E-state index in [2.05, 4.69) is 26.3 Å². The molecule has 2 heterocycles. The monoisotopic (exact) mass is 569 g/mol. The summed E-state index contributed by atoms with van der Waals surface area (Å²) in [5.74, 6) is 1.38. The second-order valence-corrected chi connectivity index (χ2v) is 9.46. The average molecular weight is 571 g/mol. The van der Waals surface area contributed by atoms with E-state index in [4.69, 9.17) is 32.4 Å². The van der Waals surface area contributed by atoms with E-state index < -0.39 is 5.91 Å².